The maximum atomic E-state index is 13.3. The maximum absolute atomic E-state index is 13.3. The SMILES string of the molecule is CCCC(CCC)C(O)c1c(C)cc(F)cc1C. The number of benzene rings is 1. The smallest absolute Gasteiger partial charge is 0.123 e. The lowest BCUT2D eigenvalue weighted by Gasteiger charge is -2.25. The van der Waals surface area contributed by atoms with E-state index in [1.165, 1.54) is 12.1 Å². The molecule has 0 saturated carbocycles. The maximum Gasteiger partial charge on any atom is 0.123 e. The van der Waals surface area contributed by atoms with Gasteiger partial charge in [0.15, 0.2) is 0 Å². The highest BCUT2D eigenvalue weighted by atomic mass is 19.1. The molecule has 0 aliphatic carbocycles. The third-order valence-electron chi connectivity index (χ3n) is 3.62. The van der Waals surface area contributed by atoms with Gasteiger partial charge in [0.2, 0.25) is 0 Å². The van der Waals surface area contributed by atoms with Crippen LogP contribution in [0.1, 0.15) is 62.3 Å². The van der Waals surface area contributed by atoms with E-state index in [-0.39, 0.29) is 11.7 Å². The topological polar surface area (TPSA) is 20.2 Å². The van der Waals surface area contributed by atoms with Gasteiger partial charge in [0.25, 0.3) is 0 Å². The molecule has 102 valence electrons. The third kappa shape index (κ3) is 3.55. The van der Waals surface area contributed by atoms with E-state index in [1.807, 2.05) is 13.8 Å². The molecule has 1 aromatic carbocycles. The van der Waals surface area contributed by atoms with Gasteiger partial charge >= 0.3 is 0 Å². The van der Waals surface area contributed by atoms with Gasteiger partial charge in [-0.2, -0.15) is 0 Å². The summed E-state index contributed by atoms with van der Waals surface area (Å²) in [5.74, 6) is 0.0614. The van der Waals surface area contributed by atoms with E-state index in [0.717, 1.165) is 42.4 Å². The molecular weight excluding hydrogens is 227 g/mol. The van der Waals surface area contributed by atoms with Crippen LogP contribution in [-0.2, 0) is 0 Å². The van der Waals surface area contributed by atoms with E-state index in [4.69, 9.17) is 0 Å². The molecule has 0 bridgehead atoms. The monoisotopic (exact) mass is 252 g/mol. The van der Waals surface area contributed by atoms with Crippen LogP contribution in [0.25, 0.3) is 0 Å². The molecule has 0 aromatic heterocycles. The molecule has 2 heteroatoms. The second kappa shape index (κ2) is 6.89. The Morgan fingerprint density at radius 3 is 1.89 bits per heavy atom. The fourth-order valence-corrected chi connectivity index (χ4v) is 2.83. The summed E-state index contributed by atoms with van der Waals surface area (Å²) in [5.41, 5.74) is 2.64. The van der Waals surface area contributed by atoms with Crippen molar-refractivity contribution < 1.29 is 9.50 Å². The van der Waals surface area contributed by atoms with Crippen molar-refractivity contribution in [1.29, 1.82) is 0 Å². The average molecular weight is 252 g/mol. The summed E-state index contributed by atoms with van der Waals surface area (Å²) in [6.07, 6.45) is 3.71. The Hall–Kier alpha value is -0.890. The summed E-state index contributed by atoms with van der Waals surface area (Å²) in [6, 6.07) is 3.03. The van der Waals surface area contributed by atoms with Crippen LogP contribution < -0.4 is 0 Å². The highest BCUT2D eigenvalue weighted by molar-refractivity contribution is 5.36. The summed E-state index contributed by atoms with van der Waals surface area (Å²) in [5, 5.41) is 10.6. The molecule has 1 unspecified atom stereocenters. The first-order valence-electron chi connectivity index (χ1n) is 6.95. The Labute approximate surface area is 110 Å². The second-order valence-corrected chi connectivity index (χ2v) is 5.24. The molecule has 0 spiro atoms. The Morgan fingerprint density at radius 2 is 1.50 bits per heavy atom. The number of aryl methyl sites for hydroxylation is 2. The van der Waals surface area contributed by atoms with E-state index >= 15 is 0 Å². The fraction of sp³-hybridized carbons (Fsp3) is 0.625. The average Bonchev–Trinajstić information content (AvgIpc) is 2.27. The lowest BCUT2D eigenvalue weighted by atomic mass is 9.84. The van der Waals surface area contributed by atoms with Crippen LogP contribution in [0.2, 0.25) is 0 Å². The number of aliphatic hydroxyl groups excluding tert-OH is 1. The molecule has 0 aliphatic heterocycles. The highest BCUT2D eigenvalue weighted by Crippen LogP contribution is 2.33. The lowest BCUT2D eigenvalue weighted by Crippen LogP contribution is -2.15. The Kier molecular flexibility index (Phi) is 5.80. The van der Waals surface area contributed by atoms with Gasteiger partial charge in [-0.05, 0) is 61.4 Å². The minimum absolute atomic E-state index is 0.219. The van der Waals surface area contributed by atoms with Gasteiger partial charge in [-0.15, -0.1) is 0 Å². The van der Waals surface area contributed by atoms with Gasteiger partial charge in [0.05, 0.1) is 6.10 Å². The molecule has 0 amide bonds. The third-order valence-corrected chi connectivity index (χ3v) is 3.62. The molecule has 1 rings (SSSR count). The summed E-state index contributed by atoms with van der Waals surface area (Å²) < 4.78 is 13.3. The molecule has 1 N–H and O–H groups in total. The van der Waals surface area contributed by atoms with Crippen LogP contribution in [0, 0.1) is 25.6 Å². The Bertz CT molecular complexity index is 358. The van der Waals surface area contributed by atoms with Crippen molar-refractivity contribution in [2.24, 2.45) is 5.92 Å². The van der Waals surface area contributed by atoms with Crippen LogP contribution in [0.15, 0.2) is 12.1 Å². The molecule has 1 nitrogen and oxygen atoms in total. The van der Waals surface area contributed by atoms with Gasteiger partial charge in [0.1, 0.15) is 5.82 Å². The van der Waals surface area contributed by atoms with Crippen molar-refractivity contribution in [3.8, 4) is 0 Å². The molecule has 0 fully saturated rings. The molecule has 0 heterocycles. The number of hydrogen-bond donors (Lipinski definition) is 1. The van der Waals surface area contributed by atoms with E-state index in [9.17, 15) is 9.50 Å². The van der Waals surface area contributed by atoms with Crippen molar-refractivity contribution >= 4 is 0 Å². The Morgan fingerprint density at radius 1 is 1.06 bits per heavy atom. The summed E-state index contributed by atoms with van der Waals surface area (Å²) in [4.78, 5) is 0. The van der Waals surface area contributed by atoms with Crippen LogP contribution in [0.5, 0.6) is 0 Å². The molecule has 0 aliphatic rings. The van der Waals surface area contributed by atoms with Gasteiger partial charge in [0, 0.05) is 0 Å². The predicted molar refractivity (Wildman–Crippen MR) is 74.1 cm³/mol. The van der Waals surface area contributed by atoms with E-state index in [0.29, 0.717) is 0 Å². The zero-order valence-electron chi connectivity index (χ0n) is 12.0. The standard InChI is InChI=1S/C16H25FO/c1-5-7-13(8-6-2)16(18)15-11(3)9-14(17)10-12(15)4/h9-10,13,16,18H,5-8H2,1-4H3. The molecule has 0 radical (unpaired) electrons. The molecule has 0 saturated heterocycles. The normalized spacial score (nSPS) is 13.1. The summed E-state index contributed by atoms with van der Waals surface area (Å²) in [6.45, 7) is 8.03. The fourth-order valence-electron chi connectivity index (χ4n) is 2.83. The zero-order valence-corrected chi connectivity index (χ0v) is 12.0. The first-order valence-corrected chi connectivity index (χ1v) is 6.95. The van der Waals surface area contributed by atoms with Crippen LogP contribution in [-0.4, -0.2) is 5.11 Å². The number of hydrogen-bond acceptors (Lipinski definition) is 1. The predicted octanol–water partition coefficient (Wildman–Crippen LogP) is 4.69. The molecule has 1 atom stereocenters. The number of rotatable bonds is 6. The van der Waals surface area contributed by atoms with Crippen molar-refractivity contribution in [3.63, 3.8) is 0 Å². The first-order chi connectivity index (χ1) is 8.51. The minimum atomic E-state index is -0.467. The van der Waals surface area contributed by atoms with Crippen molar-refractivity contribution in [2.45, 2.75) is 59.5 Å². The van der Waals surface area contributed by atoms with E-state index < -0.39 is 6.10 Å². The van der Waals surface area contributed by atoms with Gasteiger partial charge in [-0.1, -0.05) is 26.7 Å². The van der Waals surface area contributed by atoms with Gasteiger partial charge < -0.3 is 5.11 Å². The molecule has 18 heavy (non-hydrogen) atoms. The largest absolute Gasteiger partial charge is 0.388 e. The summed E-state index contributed by atoms with van der Waals surface area (Å²) >= 11 is 0. The van der Waals surface area contributed by atoms with Crippen molar-refractivity contribution in [2.75, 3.05) is 0 Å². The van der Waals surface area contributed by atoms with Crippen LogP contribution >= 0.6 is 0 Å². The number of aliphatic hydroxyl groups is 1. The Balaban J connectivity index is 3.03. The molecular formula is C16H25FO. The quantitative estimate of drug-likeness (QED) is 0.778. The lowest BCUT2D eigenvalue weighted by molar-refractivity contribution is 0.0952. The second-order valence-electron chi connectivity index (χ2n) is 5.24. The van der Waals surface area contributed by atoms with Gasteiger partial charge in [-0.3, -0.25) is 0 Å². The van der Waals surface area contributed by atoms with Crippen molar-refractivity contribution in [3.05, 3.63) is 34.6 Å². The minimum Gasteiger partial charge on any atom is -0.388 e. The van der Waals surface area contributed by atoms with E-state index in [1.54, 1.807) is 0 Å². The van der Waals surface area contributed by atoms with Crippen LogP contribution in [0.4, 0.5) is 4.39 Å². The van der Waals surface area contributed by atoms with Crippen molar-refractivity contribution in [1.82, 2.24) is 0 Å². The zero-order chi connectivity index (χ0) is 13.7. The highest BCUT2D eigenvalue weighted by Gasteiger charge is 2.22. The summed E-state index contributed by atoms with van der Waals surface area (Å²) in [7, 11) is 0. The molecule has 1 aromatic rings. The number of halogens is 1. The van der Waals surface area contributed by atoms with Gasteiger partial charge in [-0.25, -0.2) is 4.39 Å². The first kappa shape index (κ1) is 15.2. The van der Waals surface area contributed by atoms with E-state index in [2.05, 4.69) is 13.8 Å². The van der Waals surface area contributed by atoms with Crippen LogP contribution in [0.3, 0.4) is 0 Å².